The maximum Gasteiger partial charge on any atom is 0.220 e. The molecule has 1 rings (SSSR count). The van der Waals surface area contributed by atoms with Crippen molar-refractivity contribution in [1.29, 1.82) is 0 Å². The lowest BCUT2D eigenvalue weighted by Crippen LogP contribution is -2.38. The fourth-order valence-corrected chi connectivity index (χ4v) is 1.53. The van der Waals surface area contributed by atoms with Crippen LogP contribution < -0.4 is 5.73 Å². The van der Waals surface area contributed by atoms with Crippen LogP contribution in [0, 0.1) is 5.92 Å². The summed E-state index contributed by atoms with van der Waals surface area (Å²) in [7, 11) is 0. The molecule has 1 aliphatic rings. The van der Waals surface area contributed by atoms with Crippen LogP contribution in [-0.4, -0.2) is 30.4 Å². The molecule has 0 aromatic carbocycles. The van der Waals surface area contributed by atoms with Gasteiger partial charge >= 0.3 is 0 Å². The zero-order valence-corrected chi connectivity index (χ0v) is 9.05. The average molecular weight is 186 g/mol. The topological polar surface area (TPSA) is 46.3 Å². The van der Waals surface area contributed by atoms with Crippen molar-refractivity contribution >= 4 is 5.91 Å². The van der Waals surface area contributed by atoms with E-state index in [0.717, 1.165) is 32.5 Å². The highest BCUT2D eigenvalue weighted by atomic mass is 16.1. The molecule has 2 N–H and O–H groups in total. The zero-order chi connectivity index (χ0) is 10.3. The fourth-order valence-electron chi connectivity index (χ4n) is 1.53. The number of piperidine rings is 1. The van der Waals surface area contributed by atoms with Gasteiger partial charge in [-0.1, -0.05) is 20.8 Å². The normalized spacial score (nSPS) is 19.0. The molecule has 0 saturated carbocycles. The van der Waals surface area contributed by atoms with Crippen molar-refractivity contribution in [1.82, 2.24) is 4.90 Å². The van der Waals surface area contributed by atoms with Crippen LogP contribution in [0.5, 0.6) is 0 Å². The summed E-state index contributed by atoms with van der Waals surface area (Å²) in [5.74, 6) is 0.0125. The lowest BCUT2D eigenvalue weighted by Gasteiger charge is -2.29. The number of hydrogen-bond donors (Lipinski definition) is 1. The third kappa shape index (κ3) is 4.27. The molecule has 1 fully saturated rings. The molecule has 1 heterocycles. The lowest BCUT2D eigenvalue weighted by molar-refractivity contribution is -0.123. The third-order valence-corrected chi connectivity index (χ3v) is 2.44. The van der Waals surface area contributed by atoms with Crippen LogP contribution in [0.25, 0.3) is 0 Å². The van der Waals surface area contributed by atoms with Gasteiger partial charge in [0.2, 0.25) is 5.91 Å². The Kier molecular flexibility index (Phi) is 6.59. The summed E-state index contributed by atoms with van der Waals surface area (Å²) in [4.78, 5) is 13.1. The van der Waals surface area contributed by atoms with Crippen molar-refractivity contribution in [2.75, 3.05) is 19.6 Å². The summed E-state index contributed by atoms with van der Waals surface area (Å²) < 4.78 is 0. The number of nitrogens with zero attached hydrogens (tertiary/aromatic N) is 1. The van der Waals surface area contributed by atoms with Crippen LogP contribution in [0.3, 0.4) is 0 Å². The average Bonchev–Trinajstić information content (AvgIpc) is 2.21. The Morgan fingerprint density at radius 1 is 1.38 bits per heavy atom. The van der Waals surface area contributed by atoms with E-state index < -0.39 is 0 Å². The van der Waals surface area contributed by atoms with Crippen LogP contribution in [0.2, 0.25) is 0 Å². The standard InChI is InChI=1S/C8H16N2O.C2H6/c1-2-10-5-3-7(4-6-10)8(9)11;1-2/h7H,2-6H2,1H3,(H2,9,11);1-2H3. The van der Waals surface area contributed by atoms with Crippen molar-refractivity contribution in [2.45, 2.75) is 33.6 Å². The summed E-state index contributed by atoms with van der Waals surface area (Å²) >= 11 is 0. The number of hydrogen-bond acceptors (Lipinski definition) is 2. The summed E-state index contributed by atoms with van der Waals surface area (Å²) in [6, 6.07) is 0. The van der Waals surface area contributed by atoms with E-state index in [0.29, 0.717) is 0 Å². The highest BCUT2D eigenvalue weighted by Gasteiger charge is 2.21. The maximum absolute atomic E-state index is 10.8. The van der Waals surface area contributed by atoms with E-state index in [9.17, 15) is 4.79 Å². The van der Waals surface area contributed by atoms with E-state index in [4.69, 9.17) is 5.73 Å². The summed E-state index contributed by atoms with van der Waals surface area (Å²) in [6.07, 6.45) is 1.90. The highest BCUT2D eigenvalue weighted by Crippen LogP contribution is 2.15. The summed E-state index contributed by atoms with van der Waals surface area (Å²) in [5.41, 5.74) is 5.20. The second-order valence-electron chi connectivity index (χ2n) is 3.11. The Morgan fingerprint density at radius 3 is 2.15 bits per heavy atom. The second-order valence-corrected chi connectivity index (χ2v) is 3.11. The van der Waals surface area contributed by atoms with Crippen LogP contribution in [0.1, 0.15) is 33.6 Å². The molecule has 0 aromatic heterocycles. The third-order valence-electron chi connectivity index (χ3n) is 2.44. The van der Waals surface area contributed by atoms with Crippen molar-refractivity contribution in [3.8, 4) is 0 Å². The molecule has 0 radical (unpaired) electrons. The van der Waals surface area contributed by atoms with Gasteiger partial charge in [0, 0.05) is 5.92 Å². The number of likely N-dealkylation sites (tertiary alicyclic amines) is 1. The molecule has 3 nitrogen and oxygen atoms in total. The van der Waals surface area contributed by atoms with Gasteiger partial charge in [0.15, 0.2) is 0 Å². The molecule has 1 saturated heterocycles. The van der Waals surface area contributed by atoms with E-state index in [2.05, 4.69) is 11.8 Å². The minimum atomic E-state index is -0.124. The zero-order valence-electron chi connectivity index (χ0n) is 9.05. The van der Waals surface area contributed by atoms with Gasteiger partial charge in [0.25, 0.3) is 0 Å². The predicted octanol–water partition coefficient (Wildman–Crippen LogP) is 1.23. The molecular formula is C10H22N2O. The Balaban J connectivity index is 0.000000671. The molecule has 0 spiro atoms. The number of nitrogens with two attached hydrogens (primary N) is 1. The van der Waals surface area contributed by atoms with E-state index in [-0.39, 0.29) is 11.8 Å². The Morgan fingerprint density at radius 2 is 1.85 bits per heavy atom. The van der Waals surface area contributed by atoms with Gasteiger partial charge in [-0.3, -0.25) is 4.79 Å². The minimum Gasteiger partial charge on any atom is -0.369 e. The SMILES string of the molecule is CC.CCN1CCC(C(N)=O)CC1. The lowest BCUT2D eigenvalue weighted by atomic mass is 9.96. The van der Waals surface area contributed by atoms with Gasteiger partial charge in [0.1, 0.15) is 0 Å². The van der Waals surface area contributed by atoms with E-state index in [1.54, 1.807) is 0 Å². The second kappa shape index (κ2) is 6.89. The Bertz CT molecular complexity index is 140. The minimum absolute atomic E-state index is 0.124. The first-order chi connectivity index (χ1) is 6.24. The van der Waals surface area contributed by atoms with E-state index in [1.807, 2.05) is 13.8 Å². The maximum atomic E-state index is 10.8. The quantitative estimate of drug-likeness (QED) is 0.705. The largest absolute Gasteiger partial charge is 0.369 e. The Labute approximate surface area is 81.3 Å². The molecule has 0 bridgehead atoms. The van der Waals surface area contributed by atoms with Gasteiger partial charge in [-0.05, 0) is 32.5 Å². The van der Waals surface area contributed by atoms with Gasteiger partial charge in [0.05, 0.1) is 0 Å². The van der Waals surface area contributed by atoms with Gasteiger partial charge in [-0.25, -0.2) is 0 Å². The molecule has 0 aliphatic carbocycles. The first-order valence-corrected chi connectivity index (χ1v) is 5.25. The number of rotatable bonds is 2. The molecule has 78 valence electrons. The van der Waals surface area contributed by atoms with Gasteiger partial charge < -0.3 is 10.6 Å². The van der Waals surface area contributed by atoms with Crippen molar-refractivity contribution in [2.24, 2.45) is 11.7 Å². The van der Waals surface area contributed by atoms with Crippen LogP contribution in [-0.2, 0) is 4.79 Å². The van der Waals surface area contributed by atoms with Crippen molar-refractivity contribution < 1.29 is 4.79 Å². The van der Waals surface area contributed by atoms with E-state index >= 15 is 0 Å². The molecule has 0 aromatic rings. The number of primary amides is 1. The van der Waals surface area contributed by atoms with Crippen LogP contribution in [0.15, 0.2) is 0 Å². The van der Waals surface area contributed by atoms with Crippen LogP contribution in [0.4, 0.5) is 0 Å². The summed E-state index contributed by atoms with van der Waals surface area (Å²) in [6.45, 7) is 9.30. The number of carbonyl (C=O) groups is 1. The first-order valence-electron chi connectivity index (χ1n) is 5.25. The van der Waals surface area contributed by atoms with E-state index in [1.165, 1.54) is 0 Å². The molecule has 1 aliphatic heterocycles. The van der Waals surface area contributed by atoms with Crippen molar-refractivity contribution in [3.63, 3.8) is 0 Å². The van der Waals surface area contributed by atoms with Crippen molar-refractivity contribution in [3.05, 3.63) is 0 Å². The number of carbonyl (C=O) groups excluding carboxylic acids is 1. The van der Waals surface area contributed by atoms with Gasteiger partial charge in [-0.15, -0.1) is 0 Å². The monoisotopic (exact) mass is 186 g/mol. The fraction of sp³-hybridized carbons (Fsp3) is 0.900. The molecule has 0 atom stereocenters. The molecular weight excluding hydrogens is 164 g/mol. The molecule has 3 heteroatoms. The highest BCUT2D eigenvalue weighted by molar-refractivity contribution is 5.76. The molecule has 1 amide bonds. The number of amides is 1. The predicted molar refractivity (Wildman–Crippen MR) is 55.4 cm³/mol. The summed E-state index contributed by atoms with van der Waals surface area (Å²) in [5, 5.41) is 0. The smallest absolute Gasteiger partial charge is 0.220 e. The molecule has 13 heavy (non-hydrogen) atoms. The molecule has 0 unspecified atom stereocenters. The van der Waals surface area contributed by atoms with Crippen LogP contribution >= 0.6 is 0 Å². The Hall–Kier alpha value is -0.570. The van der Waals surface area contributed by atoms with Gasteiger partial charge in [-0.2, -0.15) is 0 Å². The first kappa shape index (κ1) is 12.4.